The minimum Gasteiger partial charge on any atom is -0.493 e. The third-order valence-corrected chi connectivity index (χ3v) is 2.28. The molecule has 0 aliphatic rings. The van der Waals surface area contributed by atoms with E-state index in [0.717, 1.165) is 12.1 Å². The van der Waals surface area contributed by atoms with E-state index in [4.69, 9.17) is 15.7 Å². The van der Waals surface area contributed by atoms with Gasteiger partial charge >= 0.3 is 6.18 Å². The molecule has 0 saturated carbocycles. The molecule has 0 amide bonds. The number of benzene rings is 1. The van der Waals surface area contributed by atoms with Gasteiger partial charge in [-0.25, -0.2) is 0 Å². The Morgan fingerprint density at radius 1 is 1.50 bits per heavy atom. The van der Waals surface area contributed by atoms with Gasteiger partial charge in [0.1, 0.15) is 11.6 Å². The van der Waals surface area contributed by atoms with Gasteiger partial charge in [0.15, 0.2) is 0 Å². The fourth-order valence-corrected chi connectivity index (χ4v) is 1.17. The van der Waals surface area contributed by atoms with Crippen molar-refractivity contribution in [3.8, 4) is 5.75 Å². The minimum atomic E-state index is -4.41. The highest BCUT2D eigenvalue weighted by atomic mass is 19.4. The Balaban J connectivity index is 2.69. The summed E-state index contributed by atoms with van der Waals surface area (Å²) in [6.45, 7) is 1.65. The van der Waals surface area contributed by atoms with Gasteiger partial charge in [0.2, 0.25) is 0 Å². The second kappa shape index (κ2) is 5.61. The van der Waals surface area contributed by atoms with Crippen molar-refractivity contribution in [2.24, 2.45) is 16.8 Å². The van der Waals surface area contributed by atoms with Crippen LogP contribution in [-0.4, -0.2) is 17.6 Å². The number of halogens is 3. The number of rotatable bonds is 4. The van der Waals surface area contributed by atoms with Crippen LogP contribution in [0.1, 0.15) is 12.5 Å². The molecule has 0 heterocycles. The summed E-state index contributed by atoms with van der Waals surface area (Å²) in [4.78, 5) is 0. The maximum Gasteiger partial charge on any atom is 0.416 e. The molecule has 7 heteroatoms. The Labute approximate surface area is 102 Å². The van der Waals surface area contributed by atoms with Crippen LogP contribution in [0.2, 0.25) is 0 Å². The van der Waals surface area contributed by atoms with Crippen LogP contribution in [0.5, 0.6) is 5.75 Å². The second-order valence-corrected chi connectivity index (χ2v) is 3.76. The standard InChI is InChI=1S/C11H13F3N2O2/c1-7(10(15)16-17)6-18-9-4-2-3-8(5-9)11(12,13)14/h2-5,7,17H,6H2,1H3,(H2,15,16). The molecule has 1 unspecified atom stereocenters. The summed E-state index contributed by atoms with van der Waals surface area (Å²) in [7, 11) is 0. The number of nitrogens with zero attached hydrogens (tertiary/aromatic N) is 1. The van der Waals surface area contributed by atoms with E-state index in [1.807, 2.05) is 0 Å². The Hall–Kier alpha value is -1.92. The van der Waals surface area contributed by atoms with Gasteiger partial charge in [0.25, 0.3) is 0 Å². The van der Waals surface area contributed by atoms with Crippen molar-refractivity contribution < 1.29 is 23.1 Å². The first kappa shape index (κ1) is 14.1. The van der Waals surface area contributed by atoms with Crippen molar-refractivity contribution in [3.05, 3.63) is 29.8 Å². The predicted molar refractivity (Wildman–Crippen MR) is 59.5 cm³/mol. The molecule has 0 fully saturated rings. The van der Waals surface area contributed by atoms with Gasteiger partial charge in [-0.15, -0.1) is 0 Å². The largest absolute Gasteiger partial charge is 0.493 e. The SMILES string of the molecule is CC(COc1cccc(C(F)(F)F)c1)/C(N)=N/O. The summed E-state index contributed by atoms with van der Waals surface area (Å²) >= 11 is 0. The lowest BCUT2D eigenvalue weighted by atomic mass is 10.2. The fourth-order valence-electron chi connectivity index (χ4n) is 1.17. The summed E-state index contributed by atoms with van der Waals surface area (Å²) in [5.41, 5.74) is 4.54. The van der Waals surface area contributed by atoms with Crippen LogP contribution >= 0.6 is 0 Å². The van der Waals surface area contributed by atoms with E-state index in [1.54, 1.807) is 6.92 Å². The zero-order chi connectivity index (χ0) is 13.8. The quantitative estimate of drug-likeness (QED) is 0.379. The van der Waals surface area contributed by atoms with Crippen molar-refractivity contribution in [3.63, 3.8) is 0 Å². The molecule has 0 radical (unpaired) electrons. The molecule has 0 saturated heterocycles. The van der Waals surface area contributed by atoms with Crippen LogP contribution in [0, 0.1) is 5.92 Å². The Bertz CT molecular complexity index is 433. The molecule has 0 aromatic heterocycles. The molecule has 1 atom stereocenters. The monoisotopic (exact) mass is 262 g/mol. The maximum atomic E-state index is 12.4. The minimum absolute atomic E-state index is 0.0250. The normalized spacial score (nSPS) is 14.3. The van der Waals surface area contributed by atoms with Crippen LogP contribution in [0.15, 0.2) is 29.4 Å². The predicted octanol–water partition coefficient (Wildman–Crippen LogP) is 2.47. The van der Waals surface area contributed by atoms with E-state index in [9.17, 15) is 13.2 Å². The molecule has 0 spiro atoms. The zero-order valence-corrected chi connectivity index (χ0v) is 9.61. The number of hydrogen-bond donors (Lipinski definition) is 2. The van der Waals surface area contributed by atoms with Gasteiger partial charge in [-0.3, -0.25) is 0 Å². The van der Waals surface area contributed by atoms with E-state index in [-0.39, 0.29) is 18.2 Å². The third-order valence-electron chi connectivity index (χ3n) is 2.28. The number of ether oxygens (including phenoxy) is 1. The van der Waals surface area contributed by atoms with Gasteiger partial charge in [-0.05, 0) is 18.2 Å². The first-order chi connectivity index (χ1) is 8.34. The average Bonchev–Trinajstić information content (AvgIpc) is 2.34. The molecular weight excluding hydrogens is 249 g/mol. The molecule has 1 aromatic carbocycles. The number of oxime groups is 1. The van der Waals surface area contributed by atoms with Gasteiger partial charge in [-0.1, -0.05) is 18.1 Å². The summed E-state index contributed by atoms with van der Waals surface area (Å²) in [6.07, 6.45) is -4.41. The number of amidine groups is 1. The molecule has 0 aliphatic carbocycles. The summed E-state index contributed by atoms with van der Waals surface area (Å²) in [5, 5.41) is 11.2. The van der Waals surface area contributed by atoms with Crippen molar-refractivity contribution >= 4 is 5.84 Å². The second-order valence-electron chi connectivity index (χ2n) is 3.76. The highest BCUT2D eigenvalue weighted by Gasteiger charge is 2.30. The van der Waals surface area contributed by atoms with E-state index in [0.29, 0.717) is 0 Å². The van der Waals surface area contributed by atoms with Crippen LogP contribution in [-0.2, 0) is 6.18 Å². The van der Waals surface area contributed by atoms with E-state index >= 15 is 0 Å². The number of hydrogen-bond acceptors (Lipinski definition) is 3. The molecule has 100 valence electrons. The van der Waals surface area contributed by atoms with Crippen LogP contribution in [0.3, 0.4) is 0 Å². The molecule has 4 nitrogen and oxygen atoms in total. The fraction of sp³-hybridized carbons (Fsp3) is 0.364. The number of alkyl halides is 3. The lowest BCUT2D eigenvalue weighted by Crippen LogP contribution is -2.26. The van der Waals surface area contributed by atoms with Crippen molar-refractivity contribution in [1.29, 1.82) is 0 Å². The third kappa shape index (κ3) is 3.83. The van der Waals surface area contributed by atoms with Gasteiger partial charge in [0, 0.05) is 0 Å². The van der Waals surface area contributed by atoms with Crippen LogP contribution in [0.4, 0.5) is 13.2 Å². The van der Waals surface area contributed by atoms with Crippen molar-refractivity contribution in [2.45, 2.75) is 13.1 Å². The molecular formula is C11H13F3N2O2. The maximum absolute atomic E-state index is 12.4. The first-order valence-electron chi connectivity index (χ1n) is 5.12. The van der Waals surface area contributed by atoms with Crippen molar-refractivity contribution in [1.82, 2.24) is 0 Å². The zero-order valence-electron chi connectivity index (χ0n) is 9.61. The number of nitrogens with two attached hydrogens (primary N) is 1. The Kier molecular flexibility index (Phi) is 4.41. The summed E-state index contributed by atoms with van der Waals surface area (Å²) in [6, 6.07) is 4.53. The smallest absolute Gasteiger partial charge is 0.416 e. The van der Waals surface area contributed by atoms with Crippen LogP contribution in [0.25, 0.3) is 0 Å². The van der Waals surface area contributed by atoms with Gasteiger partial charge in [-0.2, -0.15) is 13.2 Å². The van der Waals surface area contributed by atoms with Crippen LogP contribution < -0.4 is 10.5 Å². The molecule has 1 rings (SSSR count). The van der Waals surface area contributed by atoms with Crippen molar-refractivity contribution in [2.75, 3.05) is 6.61 Å². The molecule has 0 aliphatic heterocycles. The first-order valence-corrected chi connectivity index (χ1v) is 5.12. The summed E-state index contributed by atoms with van der Waals surface area (Å²) in [5.74, 6) is -0.353. The Morgan fingerprint density at radius 2 is 2.17 bits per heavy atom. The summed E-state index contributed by atoms with van der Waals surface area (Å²) < 4.78 is 42.4. The average molecular weight is 262 g/mol. The topological polar surface area (TPSA) is 67.8 Å². The van der Waals surface area contributed by atoms with E-state index in [1.165, 1.54) is 12.1 Å². The lowest BCUT2D eigenvalue weighted by molar-refractivity contribution is -0.137. The van der Waals surface area contributed by atoms with E-state index in [2.05, 4.69) is 5.16 Å². The highest BCUT2D eigenvalue weighted by molar-refractivity contribution is 5.81. The lowest BCUT2D eigenvalue weighted by Gasteiger charge is -2.13. The molecule has 1 aromatic rings. The molecule has 0 bridgehead atoms. The molecule has 3 N–H and O–H groups in total. The highest BCUT2D eigenvalue weighted by Crippen LogP contribution is 2.31. The molecule has 18 heavy (non-hydrogen) atoms. The van der Waals surface area contributed by atoms with E-state index < -0.39 is 17.7 Å². The van der Waals surface area contributed by atoms with Gasteiger partial charge in [0.05, 0.1) is 18.1 Å². The Morgan fingerprint density at radius 3 is 2.72 bits per heavy atom. The van der Waals surface area contributed by atoms with Gasteiger partial charge < -0.3 is 15.7 Å².